The van der Waals surface area contributed by atoms with E-state index in [2.05, 4.69) is 16.6 Å². The summed E-state index contributed by atoms with van der Waals surface area (Å²) in [6.45, 7) is -0.699. The van der Waals surface area contributed by atoms with Gasteiger partial charge in [-0.25, -0.2) is 0 Å². The summed E-state index contributed by atoms with van der Waals surface area (Å²) in [7, 11) is 0. The molecule has 2 amide bonds. The Balaban J connectivity index is 3.58. The Kier molecular flexibility index (Phi) is 6.38. The van der Waals surface area contributed by atoms with E-state index in [-0.39, 0.29) is 18.9 Å². The van der Waals surface area contributed by atoms with Crippen molar-refractivity contribution in [3.05, 3.63) is 0 Å². The number of carboxylic acid groups (broad SMARTS) is 1. The summed E-state index contributed by atoms with van der Waals surface area (Å²) >= 11 is 0. The Hall–Kier alpha value is -2.03. The Labute approximate surface area is 87.0 Å². The number of nitrogens with one attached hydrogen (secondary N) is 2. The summed E-state index contributed by atoms with van der Waals surface area (Å²) < 4.78 is 0. The van der Waals surface area contributed by atoms with Crippen LogP contribution in [0.2, 0.25) is 0 Å². The zero-order valence-corrected chi connectivity index (χ0v) is 8.08. The molecule has 0 aromatic heterocycles. The van der Waals surface area contributed by atoms with Gasteiger partial charge in [-0.3, -0.25) is 14.4 Å². The fraction of sp³-hybridized carbons (Fsp3) is 0.444. The van der Waals surface area contributed by atoms with Crippen molar-refractivity contribution in [2.45, 2.75) is 12.8 Å². The Bertz CT molecular complexity index is 293. The molecule has 6 heteroatoms. The second-order valence-electron chi connectivity index (χ2n) is 2.65. The SMILES string of the molecule is C#CCCC(=O)NCC(=O)NCC(=O)O. The van der Waals surface area contributed by atoms with Crippen molar-refractivity contribution in [2.75, 3.05) is 13.1 Å². The predicted octanol–water partition coefficient (Wildman–Crippen LogP) is -1.28. The number of hydrogen-bond donors (Lipinski definition) is 3. The minimum atomic E-state index is -1.14. The van der Waals surface area contributed by atoms with Crippen LogP contribution in [-0.4, -0.2) is 36.0 Å². The number of aliphatic carboxylic acids is 1. The molecule has 82 valence electrons. The maximum Gasteiger partial charge on any atom is 0.322 e. The van der Waals surface area contributed by atoms with Crippen molar-refractivity contribution < 1.29 is 19.5 Å². The first kappa shape index (κ1) is 13.0. The van der Waals surface area contributed by atoms with E-state index in [1.54, 1.807) is 0 Å². The summed E-state index contributed by atoms with van der Waals surface area (Å²) in [6.07, 6.45) is 5.40. The Morgan fingerprint density at radius 2 is 1.73 bits per heavy atom. The van der Waals surface area contributed by atoms with Gasteiger partial charge in [0.25, 0.3) is 0 Å². The molecule has 0 aliphatic rings. The average Bonchev–Trinajstić information content (AvgIpc) is 2.20. The first-order chi connectivity index (χ1) is 7.06. The highest BCUT2D eigenvalue weighted by atomic mass is 16.4. The molecule has 15 heavy (non-hydrogen) atoms. The summed E-state index contributed by atoms with van der Waals surface area (Å²) in [4.78, 5) is 31.9. The van der Waals surface area contributed by atoms with Crippen LogP contribution < -0.4 is 10.6 Å². The fourth-order valence-corrected chi connectivity index (χ4v) is 0.690. The monoisotopic (exact) mass is 212 g/mol. The van der Waals surface area contributed by atoms with E-state index >= 15 is 0 Å². The van der Waals surface area contributed by atoms with Crippen LogP contribution in [0.4, 0.5) is 0 Å². The highest BCUT2D eigenvalue weighted by Crippen LogP contribution is 1.84. The normalized spacial score (nSPS) is 8.73. The predicted molar refractivity (Wildman–Crippen MR) is 51.7 cm³/mol. The third-order valence-electron chi connectivity index (χ3n) is 1.38. The van der Waals surface area contributed by atoms with E-state index in [0.29, 0.717) is 6.42 Å². The van der Waals surface area contributed by atoms with Crippen LogP contribution in [0.25, 0.3) is 0 Å². The van der Waals surface area contributed by atoms with Crippen molar-refractivity contribution in [3.63, 3.8) is 0 Å². The van der Waals surface area contributed by atoms with Crippen LogP contribution in [0.1, 0.15) is 12.8 Å². The van der Waals surface area contributed by atoms with Crippen molar-refractivity contribution >= 4 is 17.8 Å². The second kappa shape index (κ2) is 7.38. The van der Waals surface area contributed by atoms with Gasteiger partial charge in [0.05, 0.1) is 6.54 Å². The van der Waals surface area contributed by atoms with Gasteiger partial charge in [0, 0.05) is 12.8 Å². The number of carbonyl (C=O) groups is 3. The molecule has 0 bridgehead atoms. The molecule has 0 aliphatic heterocycles. The zero-order valence-electron chi connectivity index (χ0n) is 8.08. The molecule has 0 radical (unpaired) electrons. The third kappa shape index (κ3) is 8.30. The molecular weight excluding hydrogens is 200 g/mol. The number of carboxylic acids is 1. The minimum absolute atomic E-state index is 0.155. The van der Waals surface area contributed by atoms with Crippen LogP contribution in [0.5, 0.6) is 0 Å². The van der Waals surface area contributed by atoms with E-state index in [1.807, 2.05) is 0 Å². The largest absolute Gasteiger partial charge is 0.480 e. The summed E-state index contributed by atoms with van der Waals surface area (Å²) in [5, 5.41) is 12.6. The topological polar surface area (TPSA) is 95.5 Å². The van der Waals surface area contributed by atoms with E-state index < -0.39 is 18.4 Å². The van der Waals surface area contributed by atoms with E-state index in [4.69, 9.17) is 11.5 Å². The van der Waals surface area contributed by atoms with Gasteiger partial charge in [-0.15, -0.1) is 12.3 Å². The number of amides is 2. The maximum absolute atomic E-state index is 10.9. The lowest BCUT2D eigenvalue weighted by Gasteiger charge is -2.03. The molecule has 0 atom stereocenters. The van der Waals surface area contributed by atoms with E-state index in [0.717, 1.165) is 0 Å². The molecule has 6 nitrogen and oxygen atoms in total. The third-order valence-corrected chi connectivity index (χ3v) is 1.38. The van der Waals surface area contributed by atoms with Crippen molar-refractivity contribution in [2.24, 2.45) is 0 Å². The fourth-order valence-electron chi connectivity index (χ4n) is 0.690. The lowest BCUT2D eigenvalue weighted by molar-refractivity contribution is -0.137. The smallest absolute Gasteiger partial charge is 0.322 e. The molecular formula is C9H12N2O4. The highest BCUT2D eigenvalue weighted by molar-refractivity contribution is 5.86. The van der Waals surface area contributed by atoms with Gasteiger partial charge in [0.1, 0.15) is 6.54 Å². The molecule has 0 saturated carbocycles. The molecule has 0 fully saturated rings. The van der Waals surface area contributed by atoms with Gasteiger partial charge in [0.15, 0.2) is 0 Å². The first-order valence-electron chi connectivity index (χ1n) is 4.25. The van der Waals surface area contributed by atoms with Crippen LogP contribution >= 0.6 is 0 Å². The summed E-state index contributed by atoms with van der Waals surface area (Å²) in [5.74, 6) is 0.266. The molecule has 0 aliphatic carbocycles. The van der Waals surface area contributed by atoms with Gasteiger partial charge in [-0.1, -0.05) is 0 Å². The molecule has 0 rings (SSSR count). The average molecular weight is 212 g/mol. The number of terminal acetylenes is 1. The van der Waals surface area contributed by atoms with E-state index in [9.17, 15) is 14.4 Å². The standard InChI is InChI=1S/C9H12N2O4/c1-2-3-4-7(12)10-5-8(13)11-6-9(14)15/h1H,3-6H2,(H,10,12)(H,11,13)(H,14,15). The van der Waals surface area contributed by atoms with Crippen LogP contribution in [-0.2, 0) is 14.4 Å². The molecule has 0 heterocycles. The molecule has 0 aromatic rings. The van der Waals surface area contributed by atoms with E-state index in [1.165, 1.54) is 0 Å². The maximum atomic E-state index is 10.9. The molecule has 3 N–H and O–H groups in total. The second-order valence-corrected chi connectivity index (χ2v) is 2.65. The summed E-state index contributed by atoms with van der Waals surface area (Å²) in [5.41, 5.74) is 0. The highest BCUT2D eigenvalue weighted by Gasteiger charge is 2.05. The number of rotatable bonds is 6. The van der Waals surface area contributed by atoms with Crippen molar-refractivity contribution in [3.8, 4) is 12.3 Å². The zero-order chi connectivity index (χ0) is 11.7. The van der Waals surface area contributed by atoms with Crippen molar-refractivity contribution in [1.29, 1.82) is 0 Å². The minimum Gasteiger partial charge on any atom is -0.480 e. The Morgan fingerprint density at radius 3 is 2.27 bits per heavy atom. The lowest BCUT2D eigenvalue weighted by Crippen LogP contribution is -2.38. The number of carbonyl (C=O) groups excluding carboxylic acids is 2. The summed E-state index contributed by atoms with van der Waals surface area (Å²) in [6, 6.07) is 0. The number of hydrogen-bond acceptors (Lipinski definition) is 3. The van der Waals surface area contributed by atoms with Gasteiger partial charge in [-0.2, -0.15) is 0 Å². The quantitative estimate of drug-likeness (QED) is 0.478. The van der Waals surface area contributed by atoms with Gasteiger partial charge in [-0.05, 0) is 0 Å². The van der Waals surface area contributed by atoms with Gasteiger partial charge in [0.2, 0.25) is 11.8 Å². The first-order valence-corrected chi connectivity index (χ1v) is 4.25. The molecule has 0 unspecified atom stereocenters. The molecule has 0 aromatic carbocycles. The molecule has 0 spiro atoms. The lowest BCUT2D eigenvalue weighted by atomic mass is 10.3. The van der Waals surface area contributed by atoms with Crippen LogP contribution in [0, 0.1) is 12.3 Å². The van der Waals surface area contributed by atoms with Crippen LogP contribution in [0.3, 0.4) is 0 Å². The van der Waals surface area contributed by atoms with Crippen LogP contribution in [0.15, 0.2) is 0 Å². The Morgan fingerprint density at radius 1 is 1.13 bits per heavy atom. The van der Waals surface area contributed by atoms with Gasteiger partial charge < -0.3 is 15.7 Å². The van der Waals surface area contributed by atoms with Crippen molar-refractivity contribution in [1.82, 2.24) is 10.6 Å². The molecule has 0 saturated heterocycles. The van der Waals surface area contributed by atoms with Gasteiger partial charge >= 0.3 is 5.97 Å².